The third-order valence-corrected chi connectivity index (χ3v) is 4.87. The van der Waals surface area contributed by atoms with E-state index < -0.39 is 0 Å². The Morgan fingerprint density at radius 2 is 1.62 bits per heavy atom. The molecule has 0 radical (unpaired) electrons. The molecule has 136 valence electrons. The smallest absolute Gasteiger partial charge is 0.226 e. The zero-order valence-electron chi connectivity index (χ0n) is 15.1. The first-order chi connectivity index (χ1) is 12.7. The van der Waals surface area contributed by atoms with Crippen LogP contribution in [-0.2, 0) is 22.7 Å². The number of benzene rings is 2. The van der Waals surface area contributed by atoms with E-state index in [-0.39, 0.29) is 24.2 Å². The Labute approximate surface area is 155 Å². The van der Waals surface area contributed by atoms with Crippen molar-refractivity contribution < 1.29 is 9.59 Å². The second-order valence-corrected chi connectivity index (χ2v) is 6.90. The fourth-order valence-corrected chi connectivity index (χ4v) is 3.43. The molecule has 0 aliphatic carbocycles. The predicted molar refractivity (Wildman–Crippen MR) is 102 cm³/mol. The SMILES string of the molecule is O=C(C[C@H]1CCCCN(Cc2ccccc2)C1=O)NCc1ccccc1. The van der Waals surface area contributed by atoms with E-state index in [0.29, 0.717) is 13.1 Å². The molecule has 1 fully saturated rings. The molecule has 1 aliphatic rings. The standard InChI is InChI=1S/C22H26N2O2/c25-21(23-16-18-9-3-1-4-10-18)15-20-13-7-8-14-24(22(20)26)17-19-11-5-2-6-12-19/h1-6,9-12,20H,7-8,13-17H2,(H,23,25)/t20-/m1/s1. The van der Waals surface area contributed by atoms with Gasteiger partial charge >= 0.3 is 0 Å². The Hall–Kier alpha value is -2.62. The number of hydrogen-bond acceptors (Lipinski definition) is 2. The highest BCUT2D eigenvalue weighted by atomic mass is 16.2. The van der Waals surface area contributed by atoms with Crippen molar-refractivity contribution in [2.45, 2.75) is 38.8 Å². The number of carbonyl (C=O) groups excluding carboxylic acids is 2. The monoisotopic (exact) mass is 350 g/mol. The number of likely N-dealkylation sites (tertiary alicyclic amines) is 1. The first-order valence-corrected chi connectivity index (χ1v) is 9.36. The Balaban J connectivity index is 1.55. The van der Waals surface area contributed by atoms with Crippen molar-refractivity contribution in [2.75, 3.05) is 6.54 Å². The molecule has 1 aliphatic heterocycles. The van der Waals surface area contributed by atoms with Gasteiger partial charge in [-0.2, -0.15) is 0 Å². The van der Waals surface area contributed by atoms with Crippen molar-refractivity contribution in [1.29, 1.82) is 0 Å². The lowest BCUT2D eigenvalue weighted by Crippen LogP contribution is -2.37. The van der Waals surface area contributed by atoms with Crippen LogP contribution in [-0.4, -0.2) is 23.3 Å². The largest absolute Gasteiger partial charge is 0.352 e. The summed E-state index contributed by atoms with van der Waals surface area (Å²) in [7, 11) is 0. The summed E-state index contributed by atoms with van der Waals surface area (Å²) in [6.45, 7) is 1.91. The second-order valence-electron chi connectivity index (χ2n) is 6.90. The van der Waals surface area contributed by atoms with Gasteiger partial charge in [-0.15, -0.1) is 0 Å². The zero-order valence-corrected chi connectivity index (χ0v) is 15.1. The van der Waals surface area contributed by atoms with Gasteiger partial charge in [0.15, 0.2) is 0 Å². The van der Waals surface area contributed by atoms with Gasteiger partial charge in [-0.05, 0) is 24.0 Å². The molecule has 4 nitrogen and oxygen atoms in total. The minimum absolute atomic E-state index is 0.0474. The van der Waals surface area contributed by atoms with E-state index in [2.05, 4.69) is 5.32 Å². The van der Waals surface area contributed by atoms with Crippen molar-refractivity contribution >= 4 is 11.8 Å². The fourth-order valence-electron chi connectivity index (χ4n) is 3.43. The first-order valence-electron chi connectivity index (χ1n) is 9.36. The molecular formula is C22H26N2O2. The number of hydrogen-bond donors (Lipinski definition) is 1. The Morgan fingerprint density at radius 1 is 0.962 bits per heavy atom. The molecule has 4 heteroatoms. The van der Waals surface area contributed by atoms with Crippen LogP contribution in [0.3, 0.4) is 0 Å². The average Bonchev–Trinajstić information content (AvgIpc) is 2.84. The quantitative estimate of drug-likeness (QED) is 0.866. The van der Waals surface area contributed by atoms with E-state index in [1.165, 1.54) is 0 Å². The van der Waals surface area contributed by atoms with Crippen LogP contribution in [0.2, 0.25) is 0 Å². The zero-order chi connectivity index (χ0) is 18.2. The summed E-state index contributed by atoms with van der Waals surface area (Å²) in [6.07, 6.45) is 3.06. The lowest BCUT2D eigenvalue weighted by molar-refractivity contribution is -0.138. The molecule has 0 aromatic heterocycles. The summed E-state index contributed by atoms with van der Waals surface area (Å²) in [6, 6.07) is 19.9. The molecule has 1 heterocycles. The van der Waals surface area contributed by atoms with Gasteiger partial charge in [0.05, 0.1) is 0 Å². The van der Waals surface area contributed by atoms with Crippen LogP contribution in [0.25, 0.3) is 0 Å². The van der Waals surface area contributed by atoms with Crippen LogP contribution < -0.4 is 5.32 Å². The molecule has 3 rings (SSSR count). The van der Waals surface area contributed by atoms with Crippen molar-refractivity contribution in [3.63, 3.8) is 0 Å². The maximum absolute atomic E-state index is 12.9. The normalized spacial score (nSPS) is 17.6. The maximum atomic E-state index is 12.9. The molecule has 0 bridgehead atoms. The molecule has 26 heavy (non-hydrogen) atoms. The summed E-state index contributed by atoms with van der Waals surface area (Å²) in [5.41, 5.74) is 2.20. The van der Waals surface area contributed by atoms with Gasteiger partial charge in [-0.25, -0.2) is 0 Å². The van der Waals surface area contributed by atoms with Crippen molar-refractivity contribution in [3.8, 4) is 0 Å². The number of nitrogens with one attached hydrogen (secondary N) is 1. The van der Waals surface area contributed by atoms with E-state index in [1.807, 2.05) is 65.6 Å². The van der Waals surface area contributed by atoms with E-state index >= 15 is 0 Å². The molecule has 1 atom stereocenters. The van der Waals surface area contributed by atoms with Crippen molar-refractivity contribution in [1.82, 2.24) is 10.2 Å². The third kappa shape index (κ3) is 5.19. The molecule has 2 aromatic rings. The van der Waals surface area contributed by atoms with Crippen LogP contribution in [0.4, 0.5) is 0 Å². The van der Waals surface area contributed by atoms with Gasteiger partial charge in [0.2, 0.25) is 11.8 Å². The lowest BCUT2D eigenvalue weighted by atomic mass is 9.98. The molecule has 2 aromatic carbocycles. The number of carbonyl (C=O) groups is 2. The molecule has 0 saturated carbocycles. The summed E-state index contributed by atoms with van der Waals surface area (Å²) >= 11 is 0. The second kappa shape index (κ2) is 9.18. The highest BCUT2D eigenvalue weighted by Crippen LogP contribution is 2.22. The van der Waals surface area contributed by atoms with Gasteiger partial charge in [0.25, 0.3) is 0 Å². The number of rotatable bonds is 6. The van der Waals surface area contributed by atoms with E-state index in [9.17, 15) is 9.59 Å². The topological polar surface area (TPSA) is 49.4 Å². The highest BCUT2D eigenvalue weighted by molar-refractivity contribution is 5.86. The Bertz CT molecular complexity index is 715. The van der Waals surface area contributed by atoms with E-state index in [0.717, 1.165) is 36.9 Å². The molecule has 1 saturated heterocycles. The van der Waals surface area contributed by atoms with Crippen LogP contribution in [0, 0.1) is 5.92 Å². The van der Waals surface area contributed by atoms with Crippen molar-refractivity contribution in [2.24, 2.45) is 5.92 Å². The van der Waals surface area contributed by atoms with Gasteiger partial charge < -0.3 is 10.2 Å². The van der Waals surface area contributed by atoms with Gasteiger partial charge in [-0.3, -0.25) is 9.59 Å². The summed E-state index contributed by atoms with van der Waals surface area (Å²) < 4.78 is 0. The van der Waals surface area contributed by atoms with Gasteiger partial charge in [-0.1, -0.05) is 67.1 Å². The van der Waals surface area contributed by atoms with E-state index in [1.54, 1.807) is 0 Å². The number of nitrogens with zero attached hydrogens (tertiary/aromatic N) is 1. The van der Waals surface area contributed by atoms with Crippen LogP contribution in [0.15, 0.2) is 60.7 Å². The summed E-state index contributed by atoms with van der Waals surface area (Å²) in [5.74, 6) is -0.146. The Kier molecular flexibility index (Phi) is 6.42. The Morgan fingerprint density at radius 3 is 2.31 bits per heavy atom. The average molecular weight is 350 g/mol. The van der Waals surface area contributed by atoms with Crippen molar-refractivity contribution in [3.05, 3.63) is 71.8 Å². The molecule has 0 unspecified atom stereocenters. The predicted octanol–water partition coefficient (Wildman–Crippen LogP) is 3.52. The van der Waals surface area contributed by atoms with Crippen LogP contribution >= 0.6 is 0 Å². The molecular weight excluding hydrogens is 324 g/mol. The minimum atomic E-state index is -0.211. The third-order valence-electron chi connectivity index (χ3n) is 4.87. The van der Waals surface area contributed by atoms with Gasteiger partial charge in [0.1, 0.15) is 0 Å². The number of amides is 2. The highest BCUT2D eigenvalue weighted by Gasteiger charge is 2.28. The summed E-state index contributed by atoms with van der Waals surface area (Å²) in [4.78, 5) is 27.1. The lowest BCUT2D eigenvalue weighted by Gasteiger charge is -2.24. The molecule has 2 amide bonds. The molecule has 0 spiro atoms. The molecule has 1 N–H and O–H groups in total. The fraction of sp³-hybridized carbons (Fsp3) is 0.364. The van der Waals surface area contributed by atoms with Crippen LogP contribution in [0.5, 0.6) is 0 Å². The maximum Gasteiger partial charge on any atom is 0.226 e. The van der Waals surface area contributed by atoms with Gasteiger partial charge in [0, 0.05) is 32.0 Å². The van der Waals surface area contributed by atoms with Crippen LogP contribution in [0.1, 0.15) is 36.8 Å². The van der Waals surface area contributed by atoms with E-state index in [4.69, 9.17) is 0 Å². The summed E-state index contributed by atoms with van der Waals surface area (Å²) in [5, 5.41) is 2.94. The first kappa shape index (κ1) is 18.2. The minimum Gasteiger partial charge on any atom is -0.352 e.